The van der Waals surface area contributed by atoms with Crippen LogP contribution in [0, 0.1) is 0 Å². The molecule has 0 amide bonds. The molecule has 17 heavy (non-hydrogen) atoms. The quantitative estimate of drug-likeness (QED) is 0.746. The van der Waals surface area contributed by atoms with E-state index >= 15 is 0 Å². The molecular weight excluding hydrogens is 216 g/mol. The lowest BCUT2D eigenvalue weighted by molar-refractivity contribution is -0.112. The lowest BCUT2D eigenvalue weighted by atomic mass is 10.1. The van der Waals surface area contributed by atoms with E-state index in [2.05, 4.69) is 15.4 Å². The summed E-state index contributed by atoms with van der Waals surface area (Å²) in [5.74, 6) is 0.559. The first-order chi connectivity index (χ1) is 8.16. The number of aromatic nitrogens is 4. The van der Waals surface area contributed by atoms with Crippen LogP contribution >= 0.6 is 0 Å². The van der Waals surface area contributed by atoms with Crippen LogP contribution in [-0.2, 0) is 11.8 Å². The Bertz CT molecular complexity index is 571. The SMILES string of the molecule is CC(=O)C=Cc1ccccc1-c1nnn(C)n1. The Morgan fingerprint density at radius 3 is 2.76 bits per heavy atom. The van der Waals surface area contributed by atoms with Crippen LogP contribution < -0.4 is 0 Å². The smallest absolute Gasteiger partial charge is 0.205 e. The van der Waals surface area contributed by atoms with Gasteiger partial charge in [0, 0.05) is 5.56 Å². The van der Waals surface area contributed by atoms with Gasteiger partial charge in [-0.3, -0.25) is 4.79 Å². The first-order valence-corrected chi connectivity index (χ1v) is 5.19. The molecular formula is C12H12N4O. The van der Waals surface area contributed by atoms with Gasteiger partial charge in [-0.05, 0) is 23.8 Å². The Hall–Kier alpha value is -2.30. The van der Waals surface area contributed by atoms with Crippen LogP contribution in [0.25, 0.3) is 17.5 Å². The third-order valence-corrected chi connectivity index (χ3v) is 2.21. The van der Waals surface area contributed by atoms with Crippen LogP contribution in [0.4, 0.5) is 0 Å². The monoisotopic (exact) mass is 228 g/mol. The van der Waals surface area contributed by atoms with Crippen molar-refractivity contribution < 1.29 is 4.79 Å². The largest absolute Gasteiger partial charge is 0.295 e. The van der Waals surface area contributed by atoms with Crippen LogP contribution in [-0.4, -0.2) is 26.0 Å². The zero-order chi connectivity index (χ0) is 12.3. The van der Waals surface area contributed by atoms with Crippen molar-refractivity contribution in [2.75, 3.05) is 0 Å². The third kappa shape index (κ3) is 2.63. The highest BCUT2D eigenvalue weighted by molar-refractivity contribution is 5.92. The van der Waals surface area contributed by atoms with Crippen molar-refractivity contribution in [1.29, 1.82) is 0 Å². The number of allylic oxidation sites excluding steroid dienone is 1. The molecule has 1 aromatic carbocycles. The number of tetrazole rings is 1. The van der Waals surface area contributed by atoms with E-state index in [1.54, 1.807) is 13.1 Å². The van der Waals surface area contributed by atoms with Crippen molar-refractivity contribution in [2.45, 2.75) is 6.92 Å². The molecule has 0 N–H and O–H groups in total. The van der Waals surface area contributed by atoms with E-state index in [1.807, 2.05) is 24.3 Å². The van der Waals surface area contributed by atoms with Gasteiger partial charge >= 0.3 is 0 Å². The predicted octanol–water partition coefficient (Wildman–Crippen LogP) is 1.48. The molecule has 2 aromatic rings. The Kier molecular flexibility index (Phi) is 3.09. The van der Waals surface area contributed by atoms with Crippen molar-refractivity contribution in [3.8, 4) is 11.4 Å². The normalized spacial score (nSPS) is 10.9. The van der Waals surface area contributed by atoms with Gasteiger partial charge in [0.1, 0.15) is 0 Å². The minimum Gasteiger partial charge on any atom is -0.295 e. The van der Waals surface area contributed by atoms with Gasteiger partial charge in [-0.1, -0.05) is 30.3 Å². The molecule has 0 aliphatic rings. The molecule has 0 saturated carbocycles. The summed E-state index contributed by atoms with van der Waals surface area (Å²) < 4.78 is 0. The number of carbonyl (C=O) groups excluding carboxylic acids is 1. The standard InChI is InChI=1S/C12H12N4O/c1-9(17)7-8-10-5-3-4-6-11(10)12-13-15-16(2)14-12/h3-8H,1-2H3. The maximum Gasteiger partial charge on any atom is 0.205 e. The summed E-state index contributed by atoms with van der Waals surface area (Å²) in [6.45, 7) is 1.51. The van der Waals surface area contributed by atoms with Gasteiger partial charge < -0.3 is 0 Å². The van der Waals surface area contributed by atoms with Crippen LogP contribution in [0.15, 0.2) is 30.3 Å². The predicted molar refractivity (Wildman–Crippen MR) is 63.9 cm³/mol. The summed E-state index contributed by atoms with van der Waals surface area (Å²) in [6.07, 6.45) is 3.28. The molecule has 1 aromatic heterocycles. The lowest BCUT2D eigenvalue weighted by Gasteiger charge is -1.99. The highest BCUT2D eigenvalue weighted by Crippen LogP contribution is 2.20. The van der Waals surface area contributed by atoms with Gasteiger partial charge in [-0.25, -0.2) is 0 Å². The number of aryl methyl sites for hydroxylation is 1. The zero-order valence-electron chi connectivity index (χ0n) is 9.66. The van der Waals surface area contributed by atoms with Crippen molar-refractivity contribution in [3.63, 3.8) is 0 Å². The molecule has 0 aliphatic carbocycles. The van der Waals surface area contributed by atoms with E-state index < -0.39 is 0 Å². The van der Waals surface area contributed by atoms with Gasteiger partial charge in [-0.15, -0.1) is 10.2 Å². The van der Waals surface area contributed by atoms with Crippen molar-refractivity contribution >= 4 is 11.9 Å². The zero-order valence-corrected chi connectivity index (χ0v) is 9.66. The Balaban J connectivity index is 2.44. The van der Waals surface area contributed by atoms with Gasteiger partial charge in [0.25, 0.3) is 0 Å². The number of benzene rings is 1. The summed E-state index contributed by atoms with van der Waals surface area (Å²) in [6, 6.07) is 7.61. The second-order valence-corrected chi connectivity index (χ2v) is 3.63. The fraction of sp³-hybridized carbons (Fsp3) is 0.167. The molecule has 0 radical (unpaired) electrons. The molecule has 0 unspecified atom stereocenters. The van der Waals surface area contributed by atoms with Crippen molar-refractivity contribution in [3.05, 3.63) is 35.9 Å². The summed E-state index contributed by atoms with van der Waals surface area (Å²) in [4.78, 5) is 12.3. The topological polar surface area (TPSA) is 60.7 Å². The molecule has 5 nitrogen and oxygen atoms in total. The molecule has 0 atom stereocenters. The molecule has 0 aliphatic heterocycles. The molecule has 0 spiro atoms. The van der Waals surface area contributed by atoms with Gasteiger partial charge in [0.15, 0.2) is 5.78 Å². The summed E-state index contributed by atoms with van der Waals surface area (Å²) in [5, 5.41) is 11.9. The minimum atomic E-state index is 0.00640. The third-order valence-electron chi connectivity index (χ3n) is 2.21. The fourth-order valence-electron chi connectivity index (χ4n) is 1.45. The fourth-order valence-corrected chi connectivity index (χ4v) is 1.45. The second-order valence-electron chi connectivity index (χ2n) is 3.63. The van der Waals surface area contributed by atoms with Crippen molar-refractivity contribution in [1.82, 2.24) is 20.2 Å². The first kappa shape index (κ1) is 11.2. The first-order valence-electron chi connectivity index (χ1n) is 5.19. The van der Waals surface area contributed by atoms with Crippen molar-refractivity contribution in [2.24, 2.45) is 7.05 Å². The van der Waals surface area contributed by atoms with E-state index in [9.17, 15) is 4.79 Å². The van der Waals surface area contributed by atoms with E-state index in [-0.39, 0.29) is 5.78 Å². The van der Waals surface area contributed by atoms with Crippen LogP contribution in [0.5, 0.6) is 0 Å². The number of hydrogen-bond donors (Lipinski definition) is 0. The Labute approximate surface area is 98.8 Å². The van der Waals surface area contributed by atoms with Gasteiger partial charge in [-0.2, -0.15) is 4.80 Å². The lowest BCUT2D eigenvalue weighted by Crippen LogP contribution is -1.92. The number of carbonyl (C=O) groups is 1. The van der Waals surface area contributed by atoms with E-state index in [0.717, 1.165) is 11.1 Å². The minimum absolute atomic E-state index is 0.00640. The van der Waals surface area contributed by atoms with E-state index in [0.29, 0.717) is 5.82 Å². The highest BCUT2D eigenvalue weighted by Gasteiger charge is 2.07. The summed E-state index contributed by atoms with van der Waals surface area (Å²) in [7, 11) is 1.71. The molecule has 86 valence electrons. The average molecular weight is 228 g/mol. The van der Waals surface area contributed by atoms with E-state index in [4.69, 9.17) is 0 Å². The molecule has 1 heterocycles. The van der Waals surface area contributed by atoms with Crippen LogP contribution in [0.1, 0.15) is 12.5 Å². The highest BCUT2D eigenvalue weighted by atomic mass is 16.1. The number of ketones is 1. The molecule has 0 saturated heterocycles. The van der Waals surface area contributed by atoms with Gasteiger partial charge in [0.05, 0.1) is 7.05 Å². The number of nitrogens with zero attached hydrogens (tertiary/aromatic N) is 4. The summed E-state index contributed by atoms with van der Waals surface area (Å²) in [5.41, 5.74) is 1.76. The maximum absolute atomic E-state index is 10.9. The average Bonchev–Trinajstić information content (AvgIpc) is 2.73. The molecule has 0 fully saturated rings. The maximum atomic E-state index is 10.9. The number of hydrogen-bond acceptors (Lipinski definition) is 4. The molecule has 0 bridgehead atoms. The Morgan fingerprint density at radius 1 is 1.35 bits per heavy atom. The number of rotatable bonds is 3. The molecule has 2 rings (SSSR count). The van der Waals surface area contributed by atoms with Crippen LogP contribution in [0.2, 0.25) is 0 Å². The van der Waals surface area contributed by atoms with Gasteiger partial charge in [0.2, 0.25) is 5.82 Å². The summed E-state index contributed by atoms with van der Waals surface area (Å²) >= 11 is 0. The van der Waals surface area contributed by atoms with E-state index in [1.165, 1.54) is 17.8 Å². The molecule has 5 heteroatoms. The Morgan fingerprint density at radius 2 is 2.12 bits per heavy atom. The second kappa shape index (κ2) is 4.69. The van der Waals surface area contributed by atoms with Crippen LogP contribution in [0.3, 0.4) is 0 Å².